The fourth-order valence-electron chi connectivity index (χ4n) is 4.26. The van der Waals surface area contributed by atoms with Gasteiger partial charge < -0.3 is 15.1 Å². The molecule has 2 saturated heterocycles. The third kappa shape index (κ3) is 4.38. The lowest BCUT2D eigenvalue weighted by Gasteiger charge is -2.35. The highest BCUT2D eigenvalue weighted by Crippen LogP contribution is 2.33. The second-order valence-corrected chi connectivity index (χ2v) is 7.77. The van der Waals surface area contributed by atoms with Gasteiger partial charge in [0.2, 0.25) is 11.0 Å². The second kappa shape index (κ2) is 8.84. The Balaban J connectivity index is 0.00000113. The Bertz CT molecular complexity index is 565. The molecule has 3 aliphatic rings. The summed E-state index contributed by atoms with van der Waals surface area (Å²) in [7, 11) is 0. The van der Waals surface area contributed by atoms with E-state index in [1.54, 1.807) is 0 Å². The van der Waals surface area contributed by atoms with E-state index < -0.39 is 0 Å². The van der Waals surface area contributed by atoms with E-state index in [4.69, 9.17) is 0 Å². The van der Waals surface area contributed by atoms with Crippen molar-refractivity contribution in [3.05, 3.63) is 5.82 Å². The number of hydrogen-bond acceptors (Lipinski definition) is 6. The van der Waals surface area contributed by atoms with E-state index in [1.807, 2.05) is 11.8 Å². The first-order valence-electron chi connectivity index (χ1n) is 8.81. The maximum absolute atomic E-state index is 12.8. The Morgan fingerprint density at radius 3 is 2.52 bits per heavy atom. The van der Waals surface area contributed by atoms with Crippen LogP contribution in [0.2, 0.25) is 0 Å². The number of carbonyl (C=O) groups is 1. The smallest absolute Gasteiger partial charge is 0.239 e. The number of nitrogens with zero attached hydrogens (tertiary/aromatic N) is 4. The minimum Gasteiger partial charge on any atom is -0.343 e. The molecule has 2 aliphatic heterocycles. The lowest BCUT2D eigenvalue weighted by Crippen LogP contribution is -2.53. The summed E-state index contributed by atoms with van der Waals surface area (Å²) in [4.78, 5) is 21.5. The molecule has 3 heterocycles. The van der Waals surface area contributed by atoms with E-state index in [-0.39, 0.29) is 30.9 Å². The molecule has 3 unspecified atom stereocenters. The minimum atomic E-state index is 0. The molecule has 6 nitrogen and oxygen atoms in total. The standard InChI is InChI=1S/C16H25N5OS.2ClH/c1-11-17-16(23-19-11)21-8-6-20(7-9-21)15(22)14-10-12-4-2-3-5-13(12)18-14;;/h12-14,18H,2-10H2,1H3;2*1H. The Morgan fingerprint density at radius 1 is 1.16 bits per heavy atom. The van der Waals surface area contributed by atoms with Gasteiger partial charge in [-0.25, -0.2) is 4.98 Å². The van der Waals surface area contributed by atoms with Crippen LogP contribution >= 0.6 is 36.3 Å². The fourth-order valence-corrected chi connectivity index (χ4v) is 4.99. The first-order chi connectivity index (χ1) is 11.2. The van der Waals surface area contributed by atoms with Gasteiger partial charge in [0.15, 0.2) is 0 Å². The van der Waals surface area contributed by atoms with Crippen LogP contribution < -0.4 is 10.2 Å². The molecule has 25 heavy (non-hydrogen) atoms. The van der Waals surface area contributed by atoms with Crippen molar-refractivity contribution in [2.45, 2.75) is 51.1 Å². The molecule has 1 saturated carbocycles. The van der Waals surface area contributed by atoms with Gasteiger partial charge in [-0.05, 0) is 32.1 Å². The Hall–Kier alpha value is -0.630. The number of aryl methyl sites for hydroxylation is 1. The summed E-state index contributed by atoms with van der Waals surface area (Å²) in [6.07, 6.45) is 6.24. The zero-order valence-electron chi connectivity index (χ0n) is 14.5. The van der Waals surface area contributed by atoms with Crippen molar-refractivity contribution in [2.24, 2.45) is 5.92 Å². The highest BCUT2D eigenvalue weighted by Gasteiger charge is 2.40. The van der Waals surface area contributed by atoms with Crippen LogP contribution in [-0.2, 0) is 4.79 Å². The average molecular weight is 408 g/mol. The molecular weight excluding hydrogens is 381 g/mol. The van der Waals surface area contributed by atoms with E-state index in [2.05, 4.69) is 19.6 Å². The number of halogens is 2. The van der Waals surface area contributed by atoms with Gasteiger partial charge >= 0.3 is 0 Å². The molecule has 142 valence electrons. The maximum atomic E-state index is 12.8. The number of aromatic nitrogens is 2. The number of hydrogen-bond donors (Lipinski definition) is 1. The van der Waals surface area contributed by atoms with Crippen LogP contribution in [0.1, 0.15) is 37.9 Å². The van der Waals surface area contributed by atoms with Crippen LogP contribution in [0.3, 0.4) is 0 Å². The van der Waals surface area contributed by atoms with Crippen molar-refractivity contribution >= 4 is 47.4 Å². The average Bonchev–Trinajstić information content (AvgIpc) is 3.20. The summed E-state index contributed by atoms with van der Waals surface area (Å²) in [5.74, 6) is 1.87. The number of piperazine rings is 1. The van der Waals surface area contributed by atoms with Gasteiger partial charge in [0.1, 0.15) is 5.82 Å². The minimum absolute atomic E-state index is 0. The van der Waals surface area contributed by atoms with Gasteiger partial charge in [-0.3, -0.25) is 4.79 Å². The van der Waals surface area contributed by atoms with E-state index in [9.17, 15) is 4.79 Å². The summed E-state index contributed by atoms with van der Waals surface area (Å²) >= 11 is 1.45. The topological polar surface area (TPSA) is 61.4 Å². The molecule has 0 radical (unpaired) electrons. The summed E-state index contributed by atoms with van der Waals surface area (Å²) in [5.41, 5.74) is 0. The molecule has 0 spiro atoms. The quantitative estimate of drug-likeness (QED) is 0.814. The first kappa shape index (κ1) is 20.7. The predicted octanol–water partition coefficient (Wildman–Crippen LogP) is 2.26. The zero-order valence-corrected chi connectivity index (χ0v) is 17.0. The molecule has 9 heteroatoms. The maximum Gasteiger partial charge on any atom is 0.239 e. The molecule has 1 aliphatic carbocycles. The van der Waals surface area contributed by atoms with Crippen molar-refractivity contribution < 1.29 is 4.79 Å². The number of anilines is 1. The van der Waals surface area contributed by atoms with Gasteiger partial charge in [0, 0.05) is 43.8 Å². The largest absolute Gasteiger partial charge is 0.343 e. The van der Waals surface area contributed by atoms with E-state index in [0.717, 1.165) is 49.5 Å². The van der Waals surface area contributed by atoms with Crippen LogP contribution in [0.25, 0.3) is 0 Å². The number of rotatable bonds is 2. The van der Waals surface area contributed by atoms with Gasteiger partial charge in [-0.1, -0.05) is 12.8 Å². The first-order valence-corrected chi connectivity index (χ1v) is 9.58. The van der Waals surface area contributed by atoms with Crippen molar-refractivity contribution in [1.29, 1.82) is 0 Å². The monoisotopic (exact) mass is 407 g/mol. The van der Waals surface area contributed by atoms with E-state index in [1.165, 1.54) is 37.2 Å². The predicted molar refractivity (Wildman–Crippen MR) is 105 cm³/mol. The van der Waals surface area contributed by atoms with Crippen molar-refractivity contribution in [3.63, 3.8) is 0 Å². The third-order valence-corrected chi connectivity index (χ3v) is 6.41. The van der Waals surface area contributed by atoms with Gasteiger partial charge in [-0.15, -0.1) is 24.8 Å². The molecule has 1 aromatic heterocycles. The Morgan fingerprint density at radius 2 is 1.88 bits per heavy atom. The number of nitrogens with one attached hydrogen (secondary N) is 1. The highest BCUT2D eigenvalue weighted by atomic mass is 35.5. The SMILES string of the molecule is Cc1nsc(N2CCN(C(=O)C3CC4CCCCC4N3)CC2)n1.Cl.Cl. The lowest BCUT2D eigenvalue weighted by molar-refractivity contribution is -0.133. The normalized spacial score (nSPS) is 28.8. The number of amides is 1. The highest BCUT2D eigenvalue weighted by molar-refractivity contribution is 7.09. The lowest BCUT2D eigenvalue weighted by atomic mass is 9.85. The summed E-state index contributed by atoms with van der Waals surface area (Å²) in [6.45, 7) is 5.24. The van der Waals surface area contributed by atoms with Crippen LogP contribution in [0.4, 0.5) is 5.13 Å². The van der Waals surface area contributed by atoms with Gasteiger partial charge in [0.05, 0.1) is 6.04 Å². The molecule has 1 N–H and O–H groups in total. The molecular formula is C16H27Cl2N5OS. The number of carbonyl (C=O) groups excluding carboxylic acids is 1. The van der Waals surface area contributed by atoms with E-state index in [0.29, 0.717) is 11.9 Å². The second-order valence-electron chi connectivity index (χ2n) is 7.04. The molecule has 0 bridgehead atoms. The zero-order chi connectivity index (χ0) is 15.8. The van der Waals surface area contributed by atoms with Crippen LogP contribution in [0, 0.1) is 12.8 Å². The molecule has 3 atom stereocenters. The molecule has 3 fully saturated rings. The molecule has 1 aromatic rings. The molecule has 4 rings (SSSR count). The van der Waals surface area contributed by atoms with Crippen LogP contribution in [-0.4, -0.2) is 58.4 Å². The Kier molecular flexibility index (Phi) is 7.31. The van der Waals surface area contributed by atoms with Crippen LogP contribution in [0.15, 0.2) is 0 Å². The van der Waals surface area contributed by atoms with Gasteiger partial charge in [0.25, 0.3) is 0 Å². The molecule has 1 amide bonds. The van der Waals surface area contributed by atoms with Crippen molar-refractivity contribution in [1.82, 2.24) is 19.6 Å². The molecule has 0 aromatic carbocycles. The third-order valence-electron chi connectivity index (χ3n) is 5.54. The summed E-state index contributed by atoms with van der Waals surface area (Å²) in [6, 6.07) is 0.641. The van der Waals surface area contributed by atoms with Gasteiger partial charge in [-0.2, -0.15) is 4.37 Å². The Labute approximate surface area is 165 Å². The number of fused-ring (bicyclic) bond motifs is 1. The van der Waals surface area contributed by atoms with Crippen LogP contribution in [0.5, 0.6) is 0 Å². The van der Waals surface area contributed by atoms with Crippen molar-refractivity contribution in [3.8, 4) is 0 Å². The van der Waals surface area contributed by atoms with Crippen molar-refractivity contribution in [2.75, 3.05) is 31.1 Å². The van der Waals surface area contributed by atoms with E-state index >= 15 is 0 Å². The summed E-state index contributed by atoms with van der Waals surface area (Å²) < 4.78 is 4.25. The summed E-state index contributed by atoms with van der Waals surface area (Å²) in [5, 5.41) is 4.60. The fraction of sp³-hybridized carbons (Fsp3) is 0.812.